The molecular weight excluding hydrogens is 194 g/mol. The van der Waals surface area contributed by atoms with Crippen LogP contribution >= 0.6 is 11.3 Å². The molecule has 0 bridgehead atoms. The Bertz CT molecular complexity index is 522. The molecule has 3 nitrogen and oxygen atoms in total. The van der Waals surface area contributed by atoms with Crippen molar-refractivity contribution in [1.82, 2.24) is 0 Å². The van der Waals surface area contributed by atoms with Crippen molar-refractivity contribution in [2.75, 3.05) is 11.5 Å². The summed E-state index contributed by atoms with van der Waals surface area (Å²) in [4.78, 5) is 0. The fourth-order valence-electron chi connectivity index (χ4n) is 1.48. The van der Waals surface area contributed by atoms with E-state index in [0.29, 0.717) is 17.8 Å². The van der Waals surface area contributed by atoms with Crippen LogP contribution in [0.2, 0.25) is 0 Å². The Morgan fingerprint density at radius 3 is 2.79 bits per heavy atom. The van der Waals surface area contributed by atoms with E-state index >= 15 is 0 Å². The number of hydrogen-bond donors (Lipinski definition) is 2. The van der Waals surface area contributed by atoms with Gasteiger partial charge >= 0.3 is 0 Å². The first-order valence-corrected chi connectivity index (χ1v) is 5.02. The van der Waals surface area contributed by atoms with E-state index in [4.69, 9.17) is 16.7 Å². The van der Waals surface area contributed by atoms with Crippen molar-refractivity contribution in [3.05, 3.63) is 23.1 Å². The summed E-state index contributed by atoms with van der Waals surface area (Å²) in [5.41, 5.74) is 13.9. The number of fused-ring (bicyclic) bond motifs is 1. The van der Waals surface area contributed by atoms with Gasteiger partial charge in [0.1, 0.15) is 0 Å². The van der Waals surface area contributed by atoms with Crippen LogP contribution in [0.15, 0.2) is 17.5 Å². The SMILES string of the molecule is N#CCc1cc(N)c2c(N)csc2c1. The summed E-state index contributed by atoms with van der Waals surface area (Å²) in [6.45, 7) is 0. The summed E-state index contributed by atoms with van der Waals surface area (Å²) < 4.78 is 1.05. The van der Waals surface area contributed by atoms with Crippen LogP contribution in [-0.4, -0.2) is 0 Å². The van der Waals surface area contributed by atoms with Crippen LogP contribution in [0.4, 0.5) is 11.4 Å². The highest BCUT2D eigenvalue weighted by Crippen LogP contribution is 2.33. The Hall–Kier alpha value is -1.73. The highest BCUT2D eigenvalue weighted by atomic mass is 32.1. The van der Waals surface area contributed by atoms with Crippen molar-refractivity contribution in [2.24, 2.45) is 0 Å². The lowest BCUT2D eigenvalue weighted by atomic mass is 10.1. The molecule has 4 heteroatoms. The van der Waals surface area contributed by atoms with E-state index in [1.54, 1.807) is 11.3 Å². The lowest BCUT2D eigenvalue weighted by Gasteiger charge is -2.01. The van der Waals surface area contributed by atoms with E-state index < -0.39 is 0 Å². The quantitative estimate of drug-likeness (QED) is 0.697. The van der Waals surface area contributed by atoms with Crippen molar-refractivity contribution in [2.45, 2.75) is 6.42 Å². The molecule has 0 aliphatic rings. The number of benzene rings is 1. The van der Waals surface area contributed by atoms with Gasteiger partial charge < -0.3 is 11.5 Å². The summed E-state index contributed by atoms with van der Waals surface area (Å²) in [6.07, 6.45) is 0.387. The number of nitriles is 1. The summed E-state index contributed by atoms with van der Waals surface area (Å²) in [5, 5.41) is 11.4. The lowest BCUT2D eigenvalue weighted by Crippen LogP contribution is -1.91. The molecule has 0 spiro atoms. The number of nitrogens with two attached hydrogens (primary N) is 2. The van der Waals surface area contributed by atoms with E-state index in [-0.39, 0.29) is 0 Å². The van der Waals surface area contributed by atoms with Crippen molar-refractivity contribution in [1.29, 1.82) is 5.26 Å². The molecule has 0 atom stereocenters. The zero-order valence-electron chi connectivity index (χ0n) is 7.45. The van der Waals surface area contributed by atoms with Gasteiger partial charge in [-0.25, -0.2) is 0 Å². The van der Waals surface area contributed by atoms with Crippen molar-refractivity contribution in [3.63, 3.8) is 0 Å². The lowest BCUT2D eigenvalue weighted by molar-refractivity contribution is 1.28. The molecule has 0 fully saturated rings. The summed E-state index contributed by atoms with van der Waals surface area (Å²) >= 11 is 1.55. The van der Waals surface area contributed by atoms with Crippen LogP contribution in [0.3, 0.4) is 0 Å². The molecule has 0 aliphatic heterocycles. The van der Waals surface area contributed by atoms with Crippen LogP contribution in [0.1, 0.15) is 5.56 Å². The van der Waals surface area contributed by atoms with Crippen LogP contribution in [0.5, 0.6) is 0 Å². The third-order valence-electron chi connectivity index (χ3n) is 2.08. The molecule has 0 saturated carbocycles. The fourth-order valence-corrected chi connectivity index (χ4v) is 2.42. The maximum atomic E-state index is 8.58. The zero-order chi connectivity index (χ0) is 10.1. The van der Waals surface area contributed by atoms with Gasteiger partial charge in [-0.1, -0.05) is 0 Å². The van der Waals surface area contributed by atoms with Crippen LogP contribution < -0.4 is 11.5 Å². The second-order valence-corrected chi connectivity index (χ2v) is 4.00. The number of nitrogen functional groups attached to an aromatic ring is 2. The number of anilines is 2. The molecule has 4 N–H and O–H groups in total. The maximum absolute atomic E-state index is 8.58. The molecule has 14 heavy (non-hydrogen) atoms. The average molecular weight is 203 g/mol. The van der Waals surface area contributed by atoms with Gasteiger partial charge in [-0.3, -0.25) is 0 Å². The van der Waals surface area contributed by atoms with E-state index in [1.807, 2.05) is 17.5 Å². The van der Waals surface area contributed by atoms with E-state index in [1.165, 1.54) is 0 Å². The Morgan fingerprint density at radius 1 is 1.29 bits per heavy atom. The second-order valence-electron chi connectivity index (χ2n) is 3.08. The number of rotatable bonds is 1. The minimum absolute atomic E-state index is 0.387. The minimum atomic E-state index is 0.387. The minimum Gasteiger partial charge on any atom is -0.398 e. The third kappa shape index (κ3) is 1.28. The third-order valence-corrected chi connectivity index (χ3v) is 3.02. The maximum Gasteiger partial charge on any atom is 0.0669 e. The molecule has 0 saturated heterocycles. The first kappa shape index (κ1) is 8.85. The van der Waals surface area contributed by atoms with Crippen molar-refractivity contribution in [3.8, 4) is 6.07 Å². The Balaban J connectivity index is 2.69. The molecule has 1 aromatic heterocycles. The zero-order valence-corrected chi connectivity index (χ0v) is 8.27. The Morgan fingerprint density at radius 2 is 2.07 bits per heavy atom. The normalized spacial score (nSPS) is 10.2. The van der Waals surface area contributed by atoms with Gasteiger partial charge in [0.2, 0.25) is 0 Å². The largest absolute Gasteiger partial charge is 0.398 e. The van der Waals surface area contributed by atoms with Crippen LogP contribution in [0, 0.1) is 11.3 Å². The molecule has 0 radical (unpaired) electrons. The van der Waals surface area contributed by atoms with Crippen LogP contribution in [0.25, 0.3) is 10.1 Å². The molecule has 0 aliphatic carbocycles. The van der Waals surface area contributed by atoms with Gasteiger partial charge in [0.15, 0.2) is 0 Å². The molecule has 70 valence electrons. The highest BCUT2D eigenvalue weighted by Gasteiger charge is 2.06. The fraction of sp³-hybridized carbons (Fsp3) is 0.100. The van der Waals surface area contributed by atoms with Gasteiger partial charge in [-0.15, -0.1) is 11.3 Å². The smallest absolute Gasteiger partial charge is 0.0669 e. The van der Waals surface area contributed by atoms with Gasteiger partial charge in [-0.2, -0.15) is 5.26 Å². The van der Waals surface area contributed by atoms with E-state index in [0.717, 1.165) is 15.6 Å². The predicted molar refractivity (Wildman–Crippen MR) is 60.0 cm³/mol. The Labute approximate surface area is 85.6 Å². The van der Waals surface area contributed by atoms with Gasteiger partial charge in [0, 0.05) is 21.2 Å². The molecule has 0 amide bonds. The van der Waals surface area contributed by atoms with Gasteiger partial charge in [0.25, 0.3) is 0 Å². The topological polar surface area (TPSA) is 75.8 Å². The molecule has 2 rings (SSSR count). The molecule has 1 heterocycles. The van der Waals surface area contributed by atoms with Gasteiger partial charge in [-0.05, 0) is 17.7 Å². The standard InChI is InChI=1S/C10H9N3S/c11-2-1-6-3-7(12)10-8(13)5-14-9(10)4-6/h3-5H,1,12-13H2. The molecule has 1 aromatic carbocycles. The second kappa shape index (κ2) is 3.20. The first-order chi connectivity index (χ1) is 6.72. The Kier molecular flexibility index (Phi) is 2.02. The molecule has 0 unspecified atom stereocenters. The summed E-state index contributed by atoms with van der Waals surface area (Å²) in [5.74, 6) is 0. The first-order valence-electron chi connectivity index (χ1n) is 4.14. The van der Waals surface area contributed by atoms with Crippen molar-refractivity contribution < 1.29 is 0 Å². The molecule has 2 aromatic rings. The predicted octanol–water partition coefficient (Wildman–Crippen LogP) is 2.13. The van der Waals surface area contributed by atoms with E-state index in [2.05, 4.69) is 6.07 Å². The summed E-state index contributed by atoms with van der Waals surface area (Å²) in [6, 6.07) is 5.88. The molecular formula is C10H9N3S. The monoisotopic (exact) mass is 203 g/mol. The van der Waals surface area contributed by atoms with Crippen molar-refractivity contribution >= 4 is 32.8 Å². The number of thiophene rings is 1. The summed E-state index contributed by atoms with van der Waals surface area (Å²) in [7, 11) is 0. The highest BCUT2D eigenvalue weighted by molar-refractivity contribution is 7.18. The van der Waals surface area contributed by atoms with Gasteiger partial charge in [0.05, 0.1) is 18.2 Å². The average Bonchev–Trinajstić information content (AvgIpc) is 2.48. The number of hydrogen-bond acceptors (Lipinski definition) is 4. The van der Waals surface area contributed by atoms with E-state index in [9.17, 15) is 0 Å². The van der Waals surface area contributed by atoms with Crippen LogP contribution in [-0.2, 0) is 6.42 Å². The number of nitrogens with zero attached hydrogens (tertiary/aromatic N) is 1.